The molecule has 3 atom stereocenters. The molecule has 0 aromatic carbocycles. The highest BCUT2D eigenvalue weighted by atomic mass is 14.7. The van der Waals surface area contributed by atoms with Gasteiger partial charge in [-0.1, -0.05) is 11.6 Å². The van der Waals surface area contributed by atoms with Crippen LogP contribution in [0, 0.1) is 17.8 Å². The lowest BCUT2D eigenvalue weighted by atomic mass is 9.84. The molecule has 0 aromatic rings. The summed E-state index contributed by atoms with van der Waals surface area (Å²) in [7, 11) is 0. The average molecular weight is 78.1 g/mol. The van der Waals surface area contributed by atoms with Crippen LogP contribution in [0.4, 0.5) is 0 Å². The van der Waals surface area contributed by atoms with Gasteiger partial charge in [-0.2, -0.15) is 0 Å². The van der Waals surface area contributed by atoms with Gasteiger partial charge in [-0.25, -0.2) is 0 Å². The molecule has 0 nitrogen and oxygen atoms in total. The van der Waals surface area contributed by atoms with E-state index in [1.807, 2.05) is 0 Å². The van der Waals surface area contributed by atoms with E-state index in [2.05, 4.69) is 6.08 Å². The van der Waals surface area contributed by atoms with Crippen molar-refractivity contribution in [2.75, 3.05) is 0 Å². The van der Waals surface area contributed by atoms with Crippen LogP contribution in [-0.2, 0) is 0 Å². The highest BCUT2D eigenvalue weighted by Gasteiger charge is 2.64. The van der Waals surface area contributed by atoms with Crippen LogP contribution in [0.25, 0.3) is 0 Å². The van der Waals surface area contributed by atoms with Crippen molar-refractivity contribution in [1.29, 1.82) is 0 Å². The average Bonchev–Trinajstić information content (AvgIpc) is 2.03. The summed E-state index contributed by atoms with van der Waals surface area (Å²) in [5.74, 6) is 3.38. The maximum Gasteiger partial charge on any atom is -0.00709 e. The molecule has 0 spiro atoms. The molecule has 2 fully saturated rings. The Morgan fingerprint density at radius 1 is 1.67 bits per heavy atom. The smallest absolute Gasteiger partial charge is 0.00709 e. The molecule has 0 aromatic heterocycles. The van der Waals surface area contributed by atoms with Gasteiger partial charge in [-0.05, 0) is 24.2 Å². The molecule has 0 saturated heterocycles. The Kier molecular flexibility index (Phi) is 0.126. The van der Waals surface area contributed by atoms with E-state index in [1.165, 1.54) is 6.42 Å². The lowest BCUT2D eigenvalue weighted by Crippen LogP contribution is -2.13. The Bertz CT molecular complexity index is 133. The molecule has 0 heterocycles. The van der Waals surface area contributed by atoms with Crippen molar-refractivity contribution >= 4 is 0 Å². The normalized spacial score (nSPS) is 66.7. The van der Waals surface area contributed by atoms with Crippen molar-refractivity contribution in [1.82, 2.24) is 0 Å². The Hall–Kier alpha value is -0.260. The summed E-state index contributed by atoms with van der Waals surface area (Å²) in [4.78, 5) is 0. The lowest BCUT2D eigenvalue weighted by molar-refractivity contribution is 0.353. The Balaban J connectivity index is 2.44. The van der Waals surface area contributed by atoms with Crippen LogP contribution in [0.2, 0.25) is 0 Å². The van der Waals surface area contributed by atoms with Crippen molar-refractivity contribution in [2.24, 2.45) is 17.8 Å². The highest BCUT2D eigenvalue weighted by Crippen LogP contribution is 2.73. The van der Waals surface area contributed by atoms with Crippen LogP contribution in [0.5, 0.6) is 0 Å². The first-order valence-corrected chi connectivity index (χ1v) is 2.68. The Morgan fingerprint density at radius 2 is 2.67 bits per heavy atom. The van der Waals surface area contributed by atoms with Crippen molar-refractivity contribution in [3.05, 3.63) is 11.6 Å². The maximum atomic E-state index is 2.45. The third kappa shape index (κ3) is 0.0594. The number of hydrogen-bond donors (Lipinski definition) is 0. The minimum atomic E-state index is 1.09. The first-order valence-electron chi connectivity index (χ1n) is 2.68. The fraction of sp³-hybridized carbons (Fsp3) is 0.667. The van der Waals surface area contributed by atoms with Crippen LogP contribution < -0.4 is 0 Å². The molecule has 0 radical (unpaired) electrons. The second-order valence-electron chi connectivity index (χ2n) is 2.70. The SMILES string of the molecule is C1=C2C3CC1C23. The van der Waals surface area contributed by atoms with E-state index < -0.39 is 0 Å². The molecule has 3 rings (SSSR count). The second-order valence-corrected chi connectivity index (χ2v) is 2.70. The third-order valence-electron chi connectivity index (χ3n) is 2.53. The van der Waals surface area contributed by atoms with Crippen LogP contribution in [0.15, 0.2) is 11.6 Å². The van der Waals surface area contributed by atoms with E-state index in [1.54, 1.807) is 5.57 Å². The van der Waals surface area contributed by atoms with E-state index >= 15 is 0 Å². The molecular formula is C6H6. The second kappa shape index (κ2) is 0.351. The quantitative estimate of drug-likeness (QED) is 0.382. The highest BCUT2D eigenvalue weighted by molar-refractivity contribution is 5.49. The molecule has 0 bridgehead atoms. The molecule has 3 aliphatic carbocycles. The van der Waals surface area contributed by atoms with Crippen molar-refractivity contribution < 1.29 is 0 Å². The Labute approximate surface area is 36.9 Å². The van der Waals surface area contributed by atoms with E-state index in [0.29, 0.717) is 0 Å². The molecule has 0 aliphatic heterocycles. The predicted octanol–water partition coefficient (Wildman–Crippen LogP) is 1.19. The minimum Gasteiger partial charge on any atom is -0.0809 e. The summed E-state index contributed by atoms with van der Waals surface area (Å²) >= 11 is 0. The van der Waals surface area contributed by atoms with E-state index in [0.717, 1.165) is 17.8 Å². The van der Waals surface area contributed by atoms with Gasteiger partial charge in [0.1, 0.15) is 0 Å². The van der Waals surface area contributed by atoms with E-state index in [9.17, 15) is 0 Å². The van der Waals surface area contributed by atoms with Gasteiger partial charge in [0.2, 0.25) is 0 Å². The van der Waals surface area contributed by atoms with Crippen molar-refractivity contribution in [3.63, 3.8) is 0 Å². The first kappa shape index (κ1) is 2.15. The fourth-order valence-corrected chi connectivity index (χ4v) is 1.97. The van der Waals surface area contributed by atoms with Gasteiger partial charge < -0.3 is 0 Å². The van der Waals surface area contributed by atoms with Gasteiger partial charge in [0, 0.05) is 0 Å². The van der Waals surface area contributed by atoms with Crippen LogP contribution in [-0.4, -0.2) is 0 Å². The number of allylic oxidation sites excluding steroid dienone is 2. The minimum absolute atomic E-state index is 1.09. The largest absolute Gasteiger partial charge is 0.0809 e. The van der Waals surface area contributed by atoms with Crippen molar-refractivity contribution in [3.8, 4) is 0 Å². The third-order valence-corrected chi connectivity index (χ3v) is 2.53. The van der Waals surface area contributed by atoms with Crippen LogP contribution >= 0.6 is 0 Å². The molecule has 0 N–H and O–H groups in total. The van der Waals surface area contributed by atoms with Gasteiger partial charge in [0.05, 0.1) is 0 Å². The summed E-state index contributed by atoms with van der Waals surface area (Å²) in [5, 5.41) is 0. The summed E-state index contributed by atoms with van der Waals surface area (Å²) in [6.07, 6.45) is 3.98. The van der Waals surface area contributed by atoms with E-state index in [4.69, 9.17) is 0 Å². The van der Waals surface area contributed by atoms with Crippen molar-refractivity contribution in [2.45, 2.75) is 6.42 Å². The summed E-state index contributed by atoms with van der Waals surface area (Å²) in [5.41, 5.74) is 1.81. The standard InChI is InChI=1S/C6H6/c1-3-2-5-4(1)6(3)5/h1,3,5-6H,2H2. The molecular weight excluding hydrogens is 72.1 g/mol. The zero-order chi connectivity index (χ0) is 3.72. The maximum absolute atomic E-state index is 2.45. The number of fused-ring (bicyclic) bond motifs is 1. The number of hydrogen-bond acceptors (Lipinski definition) is 0. The van der Waals surface area contributed by atoms with Gasteiger partial charge in [-0.3, -0.25) is 0 Å². The molecule has 2 saturated carbocycles. The summed E-state index contributed by atoms with van der Waals surface area (Å²) < 4.78 is 0. The molecule has 0 amide bonds. The summed E-state index contributed by atoms with van der Waals surface area (Å²) in [6, 6.07) is 0. The molecule has 3 aliphatic rings. The first-order chi connectivity index (χ1) is 2.97. The molecule has 3 unspecified atom stereocenters. The Morgan fingerprint density at radius 3 is 2.67 bits per heavy atom. The van der Waals surface area contributed by atoms with Gasteiger partial charge in [0.15, 0.2) is 0 Å². The zero-order valence-electron chi connectivity index (χ0n) is 3.52. The van der Waals surface area contributed by atoms with Gasteiger partial charge in [0.25, 0.3) is 0 Å². The van der Waals surface area contributed by atoms with Crippen LogP contribution in [0.1, 0.15) is 6.42 Å². The number of rotatable bonds is 0. The fourth-order valence-electron chi connectivity index (χ4n) is 1.97. The molecule has 6 heavy (non-hydrogen) atoms. The van der Waals surface area contributed by atoms with Gasteiger partial charge >= 0.3 is 0 Å². The molecule has 30 valence electrons. The van der Waals surface area contributed by atoms with E-state index in [-0.39, 0.29) is 0 Å². The zero-order valence-corrected chi connectivity index (χ0v) is 3.52. The van der Waals surface area contributed by atoms with Gasteiger partial charge in [-0.15, -0.1) is 0 Å². The predicted molar refractivity (Wildman–Crippen MR) is 23.2 cm³/mol. The summed E-state index contributed by atoms with van der Waals surface area (Å²) in [6.45, 7) is 0. The van der Waals surface area contributed by atoms with Crippen LogP contribution in [0.3, 0.4) is 0 Å². The lowest BCUT2D eigenvalue weighted by Gasteiger charge is -2.20. The topological polar surface area (TPSA) is 0 Å². The molecule has 0 heteroatoms. The monoisotopic (exact) mass is 78.0 g/mol.